The van der Waals surface area contributed by atoms with Crippen molar-refractivity contribution in [1.82, 2.24) is 15.6 Å². The monoisotopic (exact) mass is 354 g/mol. The molecule has 0 fully saturated rings. The Bertz CT molecular complexity index is 485. The summed E-state index contributed by atoms with van der Waals surface area (Å²) in [5.41, 5.74) is 1.14. The summed E-state index contributed by atoms with van der Waals surface area (Å²) in [5.74, 6) is 2.38. The molecule has 0 aliphatic carbocycles. The van der Waals surface area contributed by atoms with Gasteiger partial charge in [-0.05, 0) is 37.5 Å². The van der Waals surface area contributed by atoms with Crippen LogP contribution in [0.4, 0.5) is 0 Å². The lowest BCUT2D eigenvalue weighted by Gasteiger charge is -2.20. The van der Waals surface area contributed by atoms with E-state index in [0.29, 0.717) is 24.3 Å². The van der Waals surface area contributed by atoms with Gasteiger partial charge in [0.2, 0.25) is 0 Å². The molecule has 0 aliphatic heterocycles. The van der Waals surface area contributed by atoms with Gasteiger partial charge in [0.1, 0.15) is 5.01 Å². The zero-order chi connectivity index (χ0) is 17.9. The van der Waals surface area contributed by atoms with Gasteiger partial charge in [-0.1, -0.05) is 27.7 Å². The summed E-state index contributed by atoms with van der Waals surface area (Å²) in [5, 5.41) is 19.1. The fourth-order valence-corrected chi connectivity index (χ4v) is 3.42. The van der Waals surface area contributed by atoms with Crippen LogP contribution in [0.3, 0.4) is 0 Å². The maximum Gasteiger partial charge on any atom is 0.191 e. The minimum absolute atomic E-state index is 0.240. The molecule has 0 saturated carbocycles. The summed E-state index contributed by atoms with van der Waals surface area (Å²) in [6, 6.07) is 0. The number of aliphatic imine (C=N–C) groups is 1. The molecule has 0 radical (unpaired) electrons. The predicted molar refractivity (Wildman–Crippen MR) is 104 cm³/mol. The molecule has 0 aromatic carbocycles. The molecule has 0 amide bonds. The van der Waals surface area contributed by atoms with Crippen LogP contribution in [-0.2, 0) is 6.54 Å². The summed E-state index contributed by atoms with van der Waals surface area (Å²) in [6.45, 7) is 13.3. The maximum absolute atomic E-state index is 9.24. The number of rotatable bonds is 10. The smallest absolute Gasteiger partial charge is 0.191 e. The molecule has 6 heteroatoms. The highest BCUT2D eigenvalue weighted by atomic mass is 32.1. The molecule has 1 rings (SSSR count). The van der Waals surface area contributed by atoms with Crippen LogP contribution < -0.4 is 10.6 Å². The largest absolute Gasteiger partial charge is 0.396 e. The van der Waals surface area contributed by atoms with Crippen molar-refractivity contribution in [3.8, 4) is 0 Å². The number of hydrogen-bond acceptors (Lipinski definition) is 4. The van der Waals surface area contributed by atoms with Crippen molar-refractivity contribution in [1.29, 1.82) is 0 Å². The summed E-state index contributed by atoms with van der Waals surface area (Å²) < 4.78 is 0. The zero-order valence-corrected chi connectivity index (χ0v) is 16.6. The first-order chi connectivity index (χ1) is 11.5. The lowest BCUT2D eigenvalue weighted by molar-refractivity contribution is 0.243. The lowest BCUT2D eigenvalue weighted by Crippen LogP contribution is -2.40. The van der Waals surface area contributed by atoms with Gasteiger partial charge in [-0.2, -0.15) is 0 Å². The first-order valence-corrected chi connectivity index (χ1v) is 9.91. The van der Waals surface area contributed by atoms with Crippen LogP contribution >= 0.6 is 11.3 Å². The minimum Gasteiger partial charge on any atom is -0.396 e. The van der Waals surface area contributed by atoms with E-state index in [4.69, 9.17) is 0 Å². The van der Waals surface area contributed by atoms with E-state index >= 15 is 0 Å². The summed E-state index contributed by atoms with van der Waals surface area (Å²) in [7, 11) is 0. The van der Waals surface area contributed by atoms with Gasteiger partial charge in [-0.25, -0.2) is 9.98 Å². The number of aliphatic hydroxyl groups is 1. The fraction of sp³-hybridized carbons (Fsp3) is 0.778. The molecule has 1 heterocycles. The van der Waals surface area contributed by atoms with Gasteiger partial charge in [0, 0.05) is 25.1 Å². The van der Waals surface area contributed by atoms with Gasteiger partial charge in [0.25, 0.3) is 0 Å². The van der Waals surface area contributed by atoms with E-state index in [9.17, 15) is 5.11 Å². The Balaban J connectivity index is 2.60. The number of aromatic nitrogens is 1. The summed E-state index contributed by atoms with van der Waals surface area (Å²) in [4.78, 5) is 9.28. The van der Waals surface area contributed by atoms with Gasteiger partial charge in [0.05, 0.1) is 12.2 Å². The second-order valence-electron chi connectivity index (χ2n) is 6.90. The van der Waals surface area contributed by atoms with Crippen molar-refractivity contribution < 1.29 is 5.11 Å². The maximum atomic E-state index is 9.24. The number of thiazole rings is 1. The molecule has 1 aromatic heterocycles. The Kier molecular flexibility index (Phi) is 9.95. The van der Waals surface area contributed by atoms with Crippen LogP contribution in [0.15, 0.2) is 10.4 Å². The van der Waals surface area contributed by atoms with Gasteiger partial charge in [-0.3, -0.25) is 0 Å². The molecule has 0 spiro atoms. The normalized spacial score (nSPS) is 13.6. The van der Waals surface area contributed by atoms with Crippen LogP contribution in [0.25, 0.3) is 0 Å². The lowest BCUT2D eigenvalue weighted by atomic mass is 9.94. The van der Waals surface area contributed by atoms with E-state index in [-0.39, 0.29) is 6.61 Å². The first kappa shape index (κ1) is 20.9. The standard InChI is InChI=1S/C18H34N4OS/c1-6-19-18(20-10-15(7-8-23)9-13(2)3)21-11-17-22-16(12-24-17)14(4)5/h12-15,23H,6-11H2,1-5H3,(H2,19,20,21). The molecule has 0 saturated heterocycles. The van der Waals surface area contributed by atoms with Crippen molar-refractivity contribution in [3.05, 3.63) is 16.1 Å². The van der Waals surface area contributed by atoms with Gasteiger partial charge >= 0.3 is 0 Å². The molecule has 1 unspecified atom stereocenters. The highest BCUT2D eigenvalue weighted by Crippen LogP contribution is 2.18. The number of hydrogen-bond donors (Lipinski definition) is 3. The molecule has 1 atom stereocenters. The molecule has 5 nitrogen and oxygen atoms in total. The molecular formula is C18H34N4OS. The Hall–Kier alpha value is -1.14. The Labute approximate surface area is 151 Å². The van der Waals surface area contributed by atoms with Crippen molar-refractivity contribution in [3.63, 3.8) is 0 Å². The van der Waals surface area contributed by atoms with Gasteiger partial charge in [-0.15, -0.1) is 11.3 Å². The van der Waals surface area contributed by atoms with Crippen molar-refractivity contribution in [2.45, 2.75) is 59.9 Å². The van der Waals surface area contributed by atoms with E-state index < -0.39 is 0 Å². The van der Waals surface area contributed by atoms with E-state index in [1.165, 1.54) is 0 Å². The Morgan fingerprint density at radius 3 is 2.58 bits per heavy atom. The average molecular weight is 355 g/mol. The summed E-state index contributed by atoms with van der Waals surface area (Å²) in [6.07, 6.45) is 1.94. The van der Waals surface area contributed by atoms with Crippen molar-refractivity contribution >= 4 is 17.3 Å². The van der Waals surface area contributed by atoms with Crippen LogP contribution in [0.2, 0.25) is 0 Å². The van der Waals surface area contributed by atoms with E-state index in [0.717, 1.165) is 42.6 Å². The third kappa shape index (κ3) is 8.11. The molecular weight excluding hydrogens is 320 g/mol. The molecule has 1 aromatic rings. The number of aliphatic hydroxyl groups excluding tert-OH is 1. The Morgan fingerprint density at radius 1 is 1.29 bits per heavy atom. The van der Waals surface area contributed by atoms with Crippen molar-refractivity contribution in [2.24, 2.45) is 16.8 Å². The molecule has 0 aliphatic rings. The second kappa shape index (κ2) is 11.4. The predicted octanol–water partition coefficient (Wildman–Crippen LogP) is 3.37. The molecule has 0 bridgehead atoms. The number of nitrogens with one attached hydrogen (secondary N) is 2. The molecule has 138 valence electrons. The average Bonchev–Trinajstić information content (AvgIpc) is 2.98. The van der Waals surface area contributed by atoms with Crippen molar-refractivity contribution in [2.75, 3.05) is 19.7 Å². The zero-order valence-electron chi connectivity index (χ0n) is 15.8. The third-order valence-electron chi connectivity index (χ3n) is 3.78. The van der Waals surface area contributed by atoms with E-state index in [1.807, 2.05) is 0 Å². The Morgan fingerprint density at radius 2 is 2.04 bits per heavy atom. The van der Waals surface area contributed by atoms with Gasteiger partial charge < -0.3 is 15.7 Å². The van der Waals surface area contributed by atoms with Gasteiger partial charge in [0.15, 0.2) is 5.96 Å². The van der Waals surface area contributed by atoms with E-state index in [2.05, 4.69) is 60.6 Å². The topological polar surface area (TPSA) is 69.5 Å². The number of nitrogens with zero attached hydrogens (tertiary/aromatic N) is 2. The SMILES string of the molecule is CCNC(=NCc1nc(C(C)C)cs1)NCC(CCO)CC(C)C. The first-order valence-electron chi connectivity index (χ1n) is 9.03. The fourth-order valence-electron chi connectivity index (χ4n) is 2.54. The molecule has 3 N–H and O–H groups in total. The van der Waals surface area contributed by atoms with Crippen LogP contribution in [-0.4, -0.2) is 35.7 Å². The van der Waals surface area contributed by atoms with E-state index in [1.54, 1.807) is 11.3 Å². The minimum atomic E-state index is 0.240. The van der Waals surface area contributed by atoms with Crippen LogP contribution in [0.5, 0.6) is 0 Å². The quantitative estimate of drug-likeness (QED) is 0.445. The highest BCUT2D eigenvalue weighted by Gasteiger charge is 2.11. The third-order valence-corrected chi connectivity index (χ3v) is 4.63. The highest BCUT2D eigenvalue weighted by molar-refractivity contribution is 7.09. The second-order valence-corrected chi connectivity index (χ2v) is 7.85. The number of guanidine groups is 1. The van der Waals surface area contributed by atoms with Crippen LogP contribution in [0.1, 0.15) is 64.1 Å². The van der Waals surface area contributed by atoms with Crippen LogP contribution in [0, 0.1) is 11.8 Å². The summed E-state index contributed by atoms with van der Waals surface area (Å²) >= 11 is 1.67. The molecule has 24 heavy (non-hydrogen) atoms.